The Morgan fingerprint density at radius 1 is 0.615 bits per heavy atom. The summed E-state index contributed by atoms with van der Waals surface area (Å²) < 4.78 is 14.0. The Morgan fingerprint density at radius 2 is 0.962 bits per heavy atom. The highest BCUT2D eigenvalue weighted by Crippen LogP contribution is 2.41. The van der Waals surface area contributed by atoms with Crippen molar-refractivity contribution in [2.24, 2.45) is 0 Å². The fourth-order valence-electron chi connectivity index (χ4n) is 3.00. The molecule has 0 unspecified atom stereocenters. The van der Waals surface area contributed by atoms with Gasteiger partial charge in [0, 0.05) is 17.4 Å². The molecule has 134 valence electrons. The summed E-state index contributed by atoms with van der Waals surface area (Å²) in [5, 5.41) is 7.53. The van der Waals surface area contributed by atoms with Crippen molar-refractivity contribution < 1.29 is 4.57 Å². The summed E-state index contributed by atoms with van der Waals surface area (Å²) in [7, 11) is -3.01. The molecule has 3 nitrogen and oxygen atoms in total. The molecule has 2 N–H and O–H groups in total. The van der Waals surface area contributed by atoms with E-state index in [2.05, 4.69) is 10.2 Å². The first kappa shape index (κ1) is 18.6. The molecule has 3 aromatic carbocycles. The zero-order valence-corrected chi connectivity index (χ0v) is 16.1. The van der Waals surface area contributed by atoms with Crippen molar-refractivity contribution in [3.05, 3.63) is 102 Å². The molecule has 0 saturated carbocycles. The van der Waals surface area contributed by atoms with Crippen LogP contribution in [0.5, 0.6) is 0 Å². The minimum atomic E-state index is -3.01. The van der Waals surface area contributed by atoms with Gasteiger partial charge in [-0.15, -0.1) is 0 Å². The predicted molar refractivity (Wildman–Crippen MR) is 110 cm³/mol. The molecule has 0 bridgehead atoms. The normalized spacial score (nSPS) is 13.9. The molecule has 4 heteroatoms. The molecular weight excluding hydrogens is 339 g/mol. The van der Waals surface area contributed by atoms with E-state index in [0.717, 1.165) is 16.4 Å². The van der Waals surface area contributed by atoms with Crippen LogP contribution < -0.4 is 15.5 Å². The van der Waals surface area contributed by atoms with Crippen molar-refractivity contribution in [1.82, 2.24) is 10.2 Å². The molecule has 0 aliphatic rings. The second kappa shape index (κ2) is 8.46. The molecule has 3 rings (SSSR count). The predicted octanol–water partition coefficient (Wildman–Crippen LogP) is 5.21. The number of hydrogen-bond acceptors (Lipinski definition) is 1. The van der Waals surface area contributed by atoms with Crippen LogP contribution in [0.4, 0.5) is 0 Å². The van der Waals surface area contributed by atoms with Crippen molar-refractivity contribution in [3.8, 4) is 0 Å². The Balaban J connectivity index is 1.89. The number of hydrogen-bond donors (Lipinski definition) is 2. The maximum absolute atomic E-state index is 14.0. The smallest absolute Gasteiger partial charge is 0.241 e. The van der Waals surface area contributed by atoms with Crippen LogP contribution in [-0.4, -0.2) is 0 Å². The fraction of sp³-hybridized carbons (Fsp3) is 0.182. The second-order valence-corrected chi connectivity index (χ2v) is 8.72. The topological polar surface area (TPSA) is 41.1 Å². The number of benzene rings is 3. The van der Waals surface area contributed by atoms with E-state index in [9.17, 15) is 4.57 Å². The van der Waals surface area contributed by atoms with E-state index in [1.54, 1.807) is 0 Å². The highest BCUT2D eigenvalue weighted by molar-refractivity contribution is 7.67. The van der Waals surface area contributed by atoms with Gasteiger partial charge in [0.15, 0.2) is 0 Å². The van der Waals surface area contributed by atoms with Gasteiger partial charge in [0.2, 0.25) is 7.44 Å². The number of nitrogens with one attached hydrogen (secondary N) is 2. The van der Waals surface area contributed by atoms with Crippen LogP contribution in [0.1, 0.15) is 37.1 Å². The Bertz CT molecular complexity index is 802. The van der Waals surface area contributed by atoms with Gasteiger partial charge in [-0.2, -0.15) is 0 Å². The first-order valence-electron chi connectivity index (χ1n) is 8.89. The molecule has 0 aliphatic carbocycles. The van der Waals surface area contributed by atoms with Crippen molar-refractivity contribution in [2.45, 2.75) is 25.9 Å². The van der Waals surface area contributed by atoms with E-state index >= 15 is 0 Å². The van der Waals surface area contributed by atoms with Crippen LogP contribution in [-0.2, 0) is 4.57 Å². The Kier molecular flexibility index (Phi) is 6.05. The van der Waals surface area contributed by atoms with Crippen molar-refractivity contribution >= 4 is 12.7 Å². The van der Waals surface area contributed by atoms with Gasteiger partial charge in [-0.05, 0) is 37.1 Å². The average molecular weight is 364 g/mol. The van der Waals surface area contributed by atoms with E-state index in [-0.39, 0.29) is 12.1 Å². The first-order valence-corrected chi connectivity index (χ1v) is 10.6. The van der Waals surface area contributed by atoms with Gasteiger partial charge in [0.25, 0.3) is 0 Å². The highest BCUT2D eigenvalue weighted by Gasteiger charge is 2.29. The maximum atomic E-state index is 14.0. The molecule has 3 aromatic rings. The summed E-state index contributed by atoms with van der Waals surface area (Å²) >= 11 is 0. The SMILES string of the molecule is C[C@@H](NP(=O)(N[C@H](C)c1ccccc1)c1ccccc1)c1ccccc1. The molecular formula is C22H25N2OP. The summed E-state index contributed by atoms with van der Waals surface area (Å²) in [5.74, 6) is 0. The molecule has 0 saturated heterocycles. The van der Waals surface area contributed by atoms with Gasteiger partial charge in [0.05, 0.1) is 0 Å². The summed E-state index contributed by atoms with van der Waals surface area (Å²) in [6, 6.07) is 29.7. The number of rotatable bonds is 7. The van der Waals surface area contributed by atoms with Crippen molar-refractivity contribution in [3.63, 3.8) is 0 Å². The second-order valence-electron chi connectivity index (χ2n) is 6.47. The minimum Gasteiger partial charge on any atom is -0.284 e. The summed E-state index contributed by atoms with van der Waals surface area (Å²) in [4.78, 5) is 0. The summed E-state index contributed by atoms with van der Waals surface area (Å²) in [5.41, 5.74) is 2.22. The van der Waals surface area contributed by atoms with E-state index in [4.69, 9.17) is 0 Å². The van der Waals surface area contributed by atoms with E-state index in [1.165, 1.54) is 0 Å². The monoisotopic (exact) mass is 364 g/mol. The van der Waals surface area contributed by atoms with E-state index < -0.39 is 7.44 Å². The molecule has 0 aromatic heterocycles. The Morgan fingerprint density at radius 3 is 1.35 bits per heavy atom. The van der Waals surface area contributed by atoms with E-state index in [1.807, 2.05) is 105 Å². The van der Waals surface area contributed by atoms with E-state index in [0.29, 0.717) is 0 Å². The third-order valence-electron chi connectivity index (χ3n) is 4.47. The van der Waals surface area contributed by atoms with Crippen LogP contribution in [0.25, 0.3) is 0 Å². The Labute approximate surface area is 156 Å². The fourth-order valence-corrected chi connectivity index (χ4v) is 5.36. The highest BCUT2D eigenvalue weighted by atomic mass is 31.2. The third-order valence-corrected chi connectivity index (χ3v) is 7.00. The van der Waals surface area contributed by atoms with Crippen molar-refractivity contribution in [2.75, 3.05) is 0 Å². The first-order chi connectivity index (χ1) is 12.6. The lowest BCUT2D eigenvalue weighted by atomic mass is 10.1. The van der Waals surface area contributed by atoms with Crippen LogP contribution in [0, 0.1) is 0 Å². The van der Waals surface area contributed by atoms with Crippen molar-refractivity contribution in [1.29, 1.82) is 0 Å². The van der Waals surface area contributed by atoms with Gasteiger partial charge >= 0.3 is 0 Å². The quantitative estimate of drug-likeness (QED) is 0.566. The van der Waals surface area contributed by atoms with Gasteiger partial charge in [0.1, 0.15) is 0 Å². The van der Waals surface area contributed by atoms with Gasteiger partial charge in [-0.1, -0.05) is 78.9 Å². The van der Waals surface area contributed by atoms with Gasteiger partial charge in [-0.3, -0.25) is 4.57 Å². The van der Waals surface area contributed by atoms with Gasteiger partial charge < -0.3 is 0 Å². The lowest BCUT2D eigenvalue weighted by Crippen LogP contribution is -2.33. The molecule has 26 heavy (non-hydrogen) atoms. The Hall–Kier alpha value is -2.19. The zero-order valence-electron chi connectivity index (χ0n) is 15.2. The zero-order chi connectivity index (χ0) is 18.4. The molecule has 0 radical (unpaired) electrons. The molecule has 0 spiro atoms. The molecule has 2 atom stereocenters. The minimum absolute atomic E-state index is 0.0438. The lowest BCUT2D eigenvalue weighted by Gasteiger charge is -2.28. The maximum Gasteiger partial charge on any atom is 0.241 e. The van der Waals surface area contributed by atoms with Gasteiger partial charge in [-0.25, -0.2) is 10.2 Å². The molecule has 0 aliphatic heterocycles. The molecule has 0 amide bonds. The molecule has 0 heterocycles. The average Bonchev–Trinajstić information content (AvgIpc) is 2.70. The van der Waals surface area contributed by atoms with Crippen LogP contribution >= 0.6 is 7.44 Å². The molecule has 0 fully saturated rings. The third kappa shape index (κ3) is 4.50. The lowest BCUT2D eigenvalue weighted by molar-refractivity contribution is 0.539. The largest absolute Gasteiger partial charge is 0.284 e. The standard InChI is InChI=1S/C22H25N2OP/c1-18(20-12-6-3-7-13-20)23-26(25,22-16-10-5-11-17-22)24-19(2)21-14-8-4-9-15-21/h3-19H,1-2H3,(H2,23,24,25)/t18-,19-/m1/s1. The van der Waals surface area contributed by atoms with Crippen LogP contribution in [0.3, 0.4) is 0 Å². The van der Waals surface area contributed by atoms with Crippen LogP contribution in [0.15, 0.2) is 91.0 Å². The summed E-state index contributed by atoms with van der Waals surface area (Å²) in [6.07, 6.45) is 0. The van der Waals surface area contributed by atoms with Crippen LogP contribution in [0.2, 0.25) is 0 Å². The summed E-state index contributed by atoms with van der Waals surface area (Å²) in [6.45, 7) is 4.08.